The summed E-state index contributed by atoms with van der Waals surface area (Å²) in [7, 11) is -0.685. The fraction of sp³-hybridized carbons (Fsp3) is 1.00. The van der Waals surface area contributed by atoms with Crippen LogP contribution in [0.1, 0.15) is 40.0 Å². The second-order valence-electron chi connectivity index (χ2n) is 5.64. The van der Waals surface area contributed by atoms with Gasteiger partial charge < -0.3 is 10.2 Å². The van der Waals surface area contributed by atoms with E-state index in [9.17, 15) is 4.21 Å². The topological polar surface area (TPSA) is 32.3 Å². The summed E-state index contributed by atoms with van der Waals surface area (Å²) in [5.41, 5.74) is 0. The molecule has 1 aliphatic rings. The van der Waals surface area contributed by atoms with E-state index < -0.39 is 10.8 Å². The highest BCUT2D eigenvalue weighted by Crippen LogP contribution is 2.19. The standard InChI is InChI=1S/C14H30N2OS/c1-5-16-10-6-7-14(11-16)13(3)15-9-8-12(2)18(4)17/h12-15H,5-11H2,1-4H3. The lowest BCUT2D eigenvalue weighted by Gasteiger charge is -2.35. The van der Waals surface area contributed by atoms with E-state index in [1.54, 1.807) is 6.26 Å². The summed E-state index contributed by atoms with van der Waals surface area (Å²) in [5.74, 6) is 0.779. The summed E-state index contributed by atoms with van der Waals surface area (Å²) < 4.78 is 11.3. The van der Waals surface area contributed by atoms with E-state index in [2.05, 4.69) is 31.0 Å². The number of hydrogen-bond donors (Lipinski definition) is 1. The highest BCUT2D eigenvalue weighted by Gasteiger charge is 2.23. The van der Waals surface area contributed by atoms with Crippen LogP contribution in [0.5, 0.6) is 0 Å². The van der Waals surface area contributed by atoms with Crippen LogP contribution < -0.4 is 5.32 Å². The van der Waals surface area contributed by atoms with Gasteiger partial charge in [0.2, 0.25) is 0 Å². The maximum atomic E-state index is 11.3. The van der Waals surface area contributed by atoms with Crippen molar-refractivity contribution in [2.24, 2.45) is 5.92 Å². The second kappa shape index (κ2) is 8.28. The Morgan fingerprint density at radius 2 is 2.17 bits per heavy atom. The van der Waals surface area contributed by atoms with Gasteiger partial charge in [0.1, 0.15) is 0 Å². The minimum atomic E-state index is -0.685. The lowest BCUT2D eigenvalue weighted by atomic mass is 9.91. The molecular formula is C14H30N2OS. The third kappa shape index (κ3) is 5.37. The molecule has 0 saturated carbocycles. The molecule has 0 aliphatic carbocycles. The van der Waals surface area contributed by atoms with Gasteiger partial charge >= 0.3 is 0 Å². The van der Waals surface area contributed by atoms with Crippen LogP contribution in [0.2, 0.25) is 0 Å². The summed E-state index contributed by atoms with van der Waals surface area (Å²) >= 11 is 0. The third-order valence-corrected chi connectivity index (χ3v) is 5.65. The van der Waals surface area contributed by atoms with Crippen molar-refractivity contribution in [3.8, 4) is 0 Å². The van der Waals surface area contributed by atoms with E-state index in [-0.39, 0.29) is 0 Å². The van der Waals surface area contributed by atoms with Gasteiger partial charge in [-0.2, -0.15) is 0 Å². The molecule has 1 saturated heterocycles. The summed E-state index contributed by atoms with van der Waals surface area (Å²) in [6.45, 7) is 11.3. The van der Waals surface area contributed by atoms with Crippen LogP contribution in [0.15, 0.2) is 0 Å². The molecule has 0 bridgehead atoms. The van der Waals surface area contributed by atoms with Crippen LogP contribution in [0.25, 0.3) is 0 Å². The van der Waals surface area contributed by atoms with E-state index in [0.29, 0.717) is 11.3 Å². The summed E-state index contributed by atoms with van der Waals surface area (Å²) in [6, 6.07) is 0.580. The van der Waals surface area contributed by atoms with Crippen molar-refractivity contribution in [3.05, 3.63) is 0 Å². The Hall–Kier alpha value is 0.0700. The van der Waals surface area contributed by atoms with Crippen molar-refractivity contribution in [2.75, 3.05) is 32.4 Å². The molecule has 1 aliphatic heterocycles. The average molecular weight is 274 g/mol. The van der Waals surface area contributed by atoms with E-state index >= 15 is 0 Å². The molecule has 1 N–H and O–H groups in total. The van der Waals surface area contributed by atoms with Gasteiger partial charge in [-0.3, -0.25) is 4.21 Å². The van der Waals surface area contributed by atoms with Gasteiger partial charge in [0.15, 0.2) is 0 Å². The molecule has 0 amide bonds. The molecule has 0 aromatic carbocycles. The van der Waals surface area contributed by atoms with E-state index in [4.69, 9.17) is 0 Å². The van der Waals surface area contributed by atoms with Crippen LogP contribution in [-0.2, 0) is 10.8 Å². The molecule has 0 radical (unpaired) electrons. The first kappa shape index (κ1) is 16.1. The minimum absolute atomic E-state index is 0.309. The smallest absolute Gasteiger partial charge is 0.0329 e. The van der Waals surface area contributed by atoms with E-state index in [1.165, 1.54) is 32.5 Å². The van der Waals surface area contributed by atoms with Crippen LogP contribution >= 0.6 is 0 Å². The maximum Gasteiger partial charge on any atom is 0.0329 e. The maximum absolute atomic E-state index is 11.3. The Labute approximate surface area is 115 Å². The molecule has 1 heterocycles. The first-order valence-electron chi connectivity index (χ1n) is 7.32. The SMILES string of the molecule is CCN1CCCC(C(C)NCCC(C)S(C)=O)C1. The van der Waals surface area contributed by atoms with Crippen molar-refractivity contribution < 1.29 is 4.21 Å². The molecule has 3 nitrogen and oxygen atoms in total. The molecule has 0 aromatic rings. The van der Waals surface area contributed by atoms with Gasteiger partial charge in [-0.15, -0.1) is 0 Å². The monoisotopic (exact) mass is 274 g/mol. The van der Waals surface area contributed by atoms with E-state index in [0.717, 1.165) is 18.9 Å². The molecule has 4 atom stereocenters. The number of nitrogens with zero attached hydrogens (tertiary/aromatic N) is 1. The molecule has 18 heavy (non-hydrogen) atoms. The average Bonchev–Trinajstić information content (AvgIpc) is 2.38. The van der Waals surface area contributed by atoms with Crippen LogP contribution in [0, 0.1) is 5.92 Å². The van der Waals surface area contributed by atoms with Crippen molar-refractivity contribution in [1.82, 2.24) is 10.2 Å². The van der Waals surface area contributed by atoms with Gasteiger partial charge in [0, 0.05) is 34.9 Å². The van der Waals surface area contributed by atoms with Gasteiger partial charge in [-0.05, 0) is 51.7 Å². The lowest BCUT2D eigenvalue weighted by Crippen LogP contribution is -2.44. The van der Waals surface area contributed by atoms with Crippen molar-refractivity contribution >= 4 is 10.8 Å². The largest absolute Gasteiger partial charge is 0.314 e. The number of rotatable bonds is 7. The number of hydrogen-bond acceptors (Lipinski definition) is 3. The summed E-state index contributed by atoms with van der Waals surface area (Å²) in [6.07, 6.45) is 5.49. The molecular weight excluding hydrogens is 244 g/mol. The zero-order valence-electron chi connectivity index (χ0n) is 12.4. The Balaban J connectivity index is 2.23. The summed E-state index contributed by atoms with van der Waals surface area (Å²) in [4.78, 5) is 2.55. The predicted molar refractivity (Wildman–Crippen MR) is 80.4 cm³/mol. The van der Waals surface area contributed by atoms with Gasteiger partial charge in [-0.25, -0.2) is 0 Å². The quantitative estimate of drug-likeness (QED) is 0.769. The Bertz CT molecular complexity index is 260. The number of likely N-dealkylation sites (tertiary alicyclic amines) is 1. The zero-order chi connectivity index (χ0) is 13.5. The van der Waals surface area contributed by atoms with Crippen LogP contribution in [0.3, 0.4) is 0 Å². The third-order valence-electron chi connectivity index (χ3n) is 4.28. The van der Waals surface area contributed by atoms with Gasteiger partial charge in [-0.1, -0.05) is 13.8 Å². The first-order valence-corrected chi connectivity index (χ1v) is 8.94. The number of nitrogens with one attached hydrogen (secondary N) is 1. The highest BCUT2D eigenvalue weighted by molar-refractivity contribution is 7.84. The number of piperidine rings is 1. The minimum Gasteiger partial charge on any atom is -0.314 e. The van der Waals surface area contributed by atoms with Crippen molar-refractivity contribution in [3.63, 3.8) is 0 Å². The lowest BCUT2D eigenvalue weighted by molar-refractivity contribution is 0.157. The van der Waals surface area contributed by atoms with E-state index in [1.807, 2.05) is 0 Å². The molecule has 1 fully saturated rings. The normalized spacial score (nSPS) is 26.8. The van der Waals surface area contributed by atoms with Crippen molar-refractivity contribution in [2.45, 2.75) is 51.3 Å². The molecule has 0 spiro atoms. The highest BCUT2D eigenvalue weighted by atomic mass is 32.2. The second-order valence-corrected chi connectivity index (χ2v) is 7.44. The fourth-order valence-corrected chi connectivity index (χ4v) is 3.08. The molecule has 4 unspecified atom stereocenters. The molecule has 108 valence electrons. The predicted octanol–water partition coefficient (Wildman–Crippen LogP) is 1.85. The van der Waals surface area contributed by atoms with Crippen LogP contribution in [0.4, 0.5) is 0 Å². The van der Waals surface area contributed by atoms with Gasteiger partial charge in [0.05, 0.1) is 0 Å². The van der Waals surface area contributed by atoms with Crippen molar-refractivity contribution in [1.29, 1.82) is 0 Å². The zero-order valence-corrected chi connectivity index (χ0v) is 13.3. The van der Waals surface area contributed by atoms with Crippen LogP contribution in [-0.4, -0.2) is 52.8 Å². The molecule has 1 rings (SSSR count). The Morgan fingerprint density at radius 3 is 2.78 bits per heavy atom. The van der Waals surface area contributed by atoms with Gasteiger partial charge in [0.25, 0.3) is 0 Å². The summed E-state index contributed by atoms with van der Waals surface area (Å²) in [5, 5.41) is 3.93. The Kier molecular flexibility index (Phi) is 7.42. The fourth-order valence-electron chi connectivity index (χ4n) is 2.63. The molecule has 0 aromatic heterocycles. The Morgan fingerprint density at radius 1 is 1.44 bits per heavy atom. The first-order chi connectivity index (χ1) is 8.54. The molecule has 4 heteroatoms.